The zero-order valence-electron chi connectivity index (χ0n) is 15.6. The van der Waals surface area contributed by atoms with Crippen LogP contribution in [-0.4, -0.2) is 53.9 Å². The van der Waals surface area contributed by atoms with Crippen LogP contribution in [0.4, 0.5) is 11.5 Å². The fourth-order valence-corrected chi connectivity index (χ4v) is 3.13. The van der Waals surface area contributed by atoms with Crippen molar-refractivity contribution >= 4 is 23.3 Å². The van der Waals surface area contributed by atoms with Gasteiger partial charge in [-0.1, -0.05) is 0 Å². The number of pyridine rings is 1. The van der Waals surface area contributed by atoms with Crippen LogP contribution in [0, 0.1) is 11.3 Å². The molecule has 0 bridgehead atoms. The summed E-state index contributed by atoms with van der Waals surface area (Å²) in [6.07, 6.45) is 1.64. The largest absolute Gasteiger partial charge is 0.366 e. The standard InChI is InChI=1S/C20H22N6O2/c1-14(20(28)24-17-4-2-16(3-5-17)19(22)27)25-8-10-26(11-9-25)18-12-15(13-21)6-7-23-18/h2-7,12,14H,8-11H2,1H3,(H2,22,27)(H,24,28). The molecule has 1 aliphatic heterocycles. The lowest BCUT2D eigenvalue weighted by atomic mass is 10.1. The third-order valence-electron chi connectivity index (χ3n) is 4.88. The van der Waals surface area contributed by atoms with Gasteiger partial charge in [0.1, 0.15) is 5.82 Å². The highest BCUT2D eigenvalue weighted by molar-refractivity contribution is 5.96. The molecule has 1 atom stereocenters. The molecule has 144 valence electrons. The number of piperazine rings is 1. The number of carbonyl (C=O) groups is 2. The van der Waals surface area contributed by atoms with Crippen LogP contribution in [0.25, 0.3) is 0 Å². The lowest BCUT2D eigenvalue weighted by Gasteiger charge is -2.38. The number of hydrogen-bond donors (Lipinski definition) is 2. The van der Waals surface area contributed by atoms with Gasteiger partial charge in [-0.15, -0.1) is 0 Å². The predicted octanol–water partition coefficient (Wildman–Crippen LogP) is 1.20. The van der Waals surface area contributed by atoms with Crippen molar-refractivity contribution in [2.45, 2.75) is 13.0 Å². The molecule has 0 aliphatic carbocycles. The summed E-state index contributed by atoms with van der Waals surface area (Å²) < 4.78 is 0. The van der Waals surface area contributed by atoms with Crippen LogP contribution in [0.2, 0.25) is 0 Å². The van der Waals surface area contributed by atoms with Crippen molar-refractivity contribution in [2.24, 2.45) is 5.73 Å². The lowest BCUT2D eigenvalue weighted by molar-refractivity contribution is -0.120. The number of carbonyl (C=O) groups excluding carboxylic acids is 2. The van der Waals surface area contributed by atoms with Crippen molar-refractivity contribution in [3.8, 4) is 6.07 Å². The van der Waals surface area contributed by atoms with Gasteiger partial charge in [0.15, 0.2) is 0 Å². The van der Waals surface area contributed by atoms with Crippen LogP contribution < -0.4 is 16.0 Å². The molecule has 1 aromatic carbocycles. The maximum absolute atomic E-state index is 12.6. The molecule has 28 heavy (non-hydrogen) atoms. The lowest BCUT2D eigenvalue weighted by Crippen LogP contribution is -2.53. The third kappa shape index (κ3) is 4.45. The van der Waals surface area contributed by atoms with Crippen LogP contribution in [0.5, 0.6) is 0 Å². The summed E-state index contributed by atoms with van der Waals surface area (Å²) in [5.74, 6) is 0.175. The molecule has 1 unspecified atom stereocenters. The second kappa shape index (κ2) is 8.50. The first-order valence-electron chi connectivity index (χ1n) is 9.04. The normalized spacial score (nSPS) is 15.5. The maximum Gasteiger partial charge on any atom is 0.248 e. The molecule has 2 amide bonds. The first-order valence-corrected chi connectivity index (χ1v) is 9.04. The molecule has 0 radical (unpaired) electrons. The Hall–Kier alpha value is -3.44. The summed E-state index contributed by atoms with van der Waals surface area (Å²) in [6.45, 7) is 4.76. The molecule has 0 saturated carbocycles. The van der Waals surface area contributed by atoms with E-state index in [4.69, 9.17) is 11.0 Å². The molecule has 1 saturated heterocycles. The molecule has 2 aromatic rings. The molecule has 1 fully saturated rings. The van der Waals surface area contributed by atoms with Crippen LogP contribution in [0.3, 0.4) is 0 Å². The summed E-state index contributed by atoms with van der Waals surface area (Å²) in [7, 11) is 0. The molecule has 8 heteroatoms. The van der Waals surface area contributed by atoms with Gasteiger partial charge in [-0.3, -0.25) is 14.5 Å². The minimum absolute atomic E-state index is 0.107. The highest BCUT2D eigenvalue weighted by Gasteiger charge is 2.26. The summed E-state index contributed by atoms with van der Waals surface area (Å²) in [5, 5.41) is 11.9. The Kier molecular flexibility index (Phi) is 5.87. The van der Waals surface area contributed by atoms with Gasteiger partial charge in [0.05, 0.1) is 17.7 Å². The Morgan fingerprint density at radius 1 is 1.18 bits per heavy atom. The van der Waals surface area contributed by atoms with Gasteiger partial charge >= 0.3 is 0 Å². The molecular formula is C20H22N6O2. The maximum atomic E-state index is 12.6. The van der Waals surface area contributed by atoms with Crippen molar-refractivity contribution in [1.29, 1.82) is 5.26 Å². The van der Waals surface area contributed by atoms with E-state index < -0.39 is 5.91 Å². The third-order valence-corrected chi connectivity index (χ3v) is 4.88. The number of nitrogens with one attached hydrogen (secondary N) is 1. The van der Waals surface area contributed by atoms with Gasteiger partial charge in [-0.2, -0.15) is 5.26 Å². The van der Waals surface area contributed by atoms with Crippen molar-refractivity contribution < 1.29 is 9.59 Å². The first-order chi connectivity index (χ1) is 13.5. The van der Waals surface area contributed by atoms with E-state index in [0.717, 1.165) is 18.9 Å². The summed E-state index contributed by atoms with van der Waals surface area (Å²) in [4.78, 5) is 32.2. The molecular weight excluding hydrogens is 356 g/mol. The van der Waals surface area contributed by atoms with E-state index in [-0.39, 0.29) is 11.9 Å². The van der Waals surface area contributed by atoms with Gasteiger partial charge in [0.2, 0.25) is 11.8 Å². The Bertz CT molecular complexity index is 898. The Morgan fingerprint density at radius 2 is 1.86 bits per heavy atom. The summed E-state index contributed by atoms with van der Waals surface area (Å²) in [6, 6.07) is 11.8. The zero-order chi connectivity index (χ0) is 20.1. The fourth-order valence-electron chi connectivity index (χ4n) is 3.13. The van der Waals surface area contributed by atoms with E-state index in [1.807, 2.05) is 6.92 Å². The molecule has 8 nitrogen and oxygen atoms in total. The fraction of sp³-hybridized carbons (Fsp3) is 0.300. The van der Waals surface area contributed by atoms with E-state index in [9.17, 15) is 9.59 Å². The zero-order valence-corrected chi connectivity index (χ0v) is 15.6. The van der Waals surface area contributed by atoms with Crippen molar-refractivity contribution in [1.82, 2.24) is 9.88 Å². The van der Waals surface area contributed by atoms with E-state index in [1.54, 1.807) is 42.6 Å². The van der Waals surface area contributed by atoms with Gasteiger partial charge in [-0.05, 0) is 43.3 Å². The number of nitriles is 1. The van der Waals surface area contributed by atoms with Crippen LogP contribution in [0.1, 0.15) is 22.8 Å². The number of amides is 2. The number of rotatable bonds is 5. The second-order valence-corrected chi connectivity index (χ2v) is 6.64. The second-order valence-electron chi connectivity index (χ2n) is 6.64. The number of nitrogens with two attached hydrogens (primary N) is 1. The number of primary amides is 1. The van der Waals surface area contributed by atoms with Crippen LogP contribution in [-0.2, 0) is 4.79 Å². The van der Waals surface area contributed by atoms with Crippen molar-refractivity contribution in [2.75, 3.05) is 36.4 Å². The quantitative estimate of drug-likeness (QED) is 0.808. The van der Waals surface area contributed by atoms with Gasteiger partial charge in [-0.25, -0.2) is 4.98 Å². The number of hydrogen-bond acceptors (Lipinski definition) is 6. The highest BCUT2D eigenvalue weighted by atomic mass is 16.2. The SMILES string of the molecule is CC(C(=O)Nc1ccc(C(N)=O)cc1)N1CCN(c2cc(C#N)ccn2)CC1. The van der Waals surface area contributed by atoms with Crippen molar-refractivity contribution in [3.63, 3.8) is 0 Å². The van der Waals surface area contributed by atoms with Gasteiger partial charge < -0.3 is 16.0 Å². The van der Waals surface area contributed by atoms with E-state index in [1.165, 1.54) is 0 Å². The number of nitrogens with zero attached hydrogens (tertiary/aromatic N) is 4. The minimum atomic E-state index is -0.501. The molecule has 3 N–H and O–H groups in total. The van der Waals surface area contributed by atoms with Gasteiger partial charge in [0.25, 0.3) is 0 Å². The highest BCUT2D eigenvalue weighted by Crippen LogP contribution is 2.17. The van der Waals surface area contributed by atoms with E-state index in [2.05, 4.69) is 26.2 Å². The smallest absolute Gasteiger partial charge is 0.248 e. The molecule has 1 aromatic heterocycles. The number of aromatic nitrogens is 1. The molecule has 2 heterocycles. The van der Waals surface area contributed by atoms with Crippen LogP contribution >= 0.6 is 0 Å². The molecule has 0 spiro atoms. The summed E-state index contributed by atoms with van der Waals surface area (Å²) >= 11 is 0. The van der Waals surface area contributed by atoms with Crippen LogP contribution in [0.15, 0.2) is 42.6 Å². The van der Waals surface area contributed by atoms with Crippen molar-refractivity contribution in [3.05, 3.63) is 53.7 Å². The van der Waals surface area contributed by atoms with Gasteiger partial charge in [0, 0.05) is 43.6 Å². The molecule has 1 aliphatic rings. The minimum Gasteiger partial charge on any atom is -0.366 e. The van der Waals surface area contributed by atoms with E-state index in [0.29, 0.717) is 29.9 Å². The Morgan fingerprint density at radius 3 is 2.46 bits per heavy atom. The average Bonchev–Trinajstić information content (AvgIpc) is 2.73. The Labute approximate surface area is 163 Å². The van der Waals surface area contributed by atoms with E-state index >= 15 is 0 Å². The first kappa shape index (κ1) is 19.3. The topological polar surface area (TPSA) is 115 Å². The number of anilines is 2. The Balaban J connectivity index is 1.55. The molecule has 3 rings (SSSR count). The number of benzene rings is 1. The summed E-state index contributed by atoms with van der Waals surface area (Å²) in [5.41, 5.74) is 6.83. The monoisotopic (exact) mass is 378 g/mol. The predicted molar refractivity (Wildman–Crippen MR) is 106 cm³/mol. The average molecular weight is 378 g/mol.